The number of rotatable bonds is 3. The van der Waals surface area contributed by atoms with Gasteiger partial charge in [0.15, 0.2) is 5.65 Å². The second-order valence-electron chi connectivity index (χ2n) is 3.28. The molecule has 0 aromatic carbocycles. The number of aromatic amines is 1. The number of fused-ring (bicyclic) bond motifs is 1. The van der Waals surface area contributed by atoms with Gasteiger partial charge in [0.1, 0.15) is 12.1 Å². The van der Waals surface area contributed by atoms with E-state index >= 15 is 0 Å². The van der Waals surface area contributed by atoms with E-state index in [1.54, 1.807) is 12.2 Å². The van der Waals surface area contributed by atoms with Gasteiger partial charge in [-0.1, -0.05) is 6.08 Å². The van der Waals surface area contributed by atoms with Crippen molar-refractivity contribution in [3.8, 4) is 0 Å². The molecule has 0 aliphatic heterocycles. The minimum absolute atomic E-state index is 0.185. The van der Waals surface area contributed by atoms with Crippen LogP contribution >= 0.6 is 0 Å². The molecule has 0 bridgehead atoms. The number of ether oxygens (including phenoxy) is 1. The Labute approximate surface area is 96.7 Å². The fourth-order valence-electron chi connectivity index (χ4n) is 1.38. The molecule has 2 aromatic rings. The van der Waals surface area contributed by atoms with E-state index in [-0.39, 0.29) is 12.4 Å². The van der Waals surface area contributed by atoms with Crippen molar-refractivity contribution in [1.29, 1.82) is 0 Å². The molecule has 2 rings (SSSR count). The average Bonchev–Trinajstić information content (AvgIpc) is 2.74. The summed E-state index contributed by atoms with van der Waals surface area (Å²) >= 11 is 0. The van der Waals surface area contributed by atoms with Crippen molar-refractivity contribution >= 4 is 28.9 Å². The highest BCUT2D eigenvalue weighted by molar-refractivity contribution is 5.92. The molecule has 0 saturated carbocycles. The molecule has 0 atom stereocenters. The van der Waals surface area contributed by atoms with Crippen LogP contribution in [-0.2, 0) is 9.53 Å². The molecule has 0 aliphatic rings. The molecule has 2 heterocycles. The third-order valence-electron chi connectivity index (χ3n) is 2.20. The molecule has 88 valence electrons. The van der Waals surface area contributed by atoms with Crippen molar-refractivity contribution in [2.45, 2.75) is 6.42 Å². The number of nitrogen functional groups attached to an aromatic ring is 1. The molecule has 2 aromatic heterocycles. The molecule has 7 nitrogen and oxygen atoms in total. The van der Waals surface area contributed by atoms with Gasteiger partial charge in [-0.2, -0.15) is 5.10 Å². The van der Waals surface area contributed by atoms with Crippen molar-refractivity contribution in [3.63, 3.8) is 0 Å². The number of nitrogens with two attached hydrogens (primary N) is 1. The van der Waals surface area contributed by atoms with Crippen LogP contribution in [0.25, 0.3) is 17.1 Å². The maximum atomic E-state index is 10.9. The molecule has 0 amide bonds. The van der Waals surface area contributed by atoms with Crippen molar-refractivity contribution in [2.24, 2.45) is 0 Å². The van der Waals surface area contributed by atoms with Gasteiger partial charge in [-0.05, 0) is 6.08 Å². The first-order valence-corrected chi connectivity index (χ1v) is 4.90. The molecule has 17 heavy (non-hydrogen) atoms. The topological polar surface area (TPSA) is 107 Å². The largest absolute Gasteiger partial charge is 0.469 e. The summed E-state index contributed by atoms with van der Waals surface area (Å²) in [6.07, 6.45) is 4.89. The van der Waals surface area contributed by atoms with Crippen LogP contribution in [0.2, 0.25) is 0 Å². The number of nitrogens with zero attached hydrogens (tertiary/aromatic N) is 3. The Kier molecular flexibility index (Phi) is 2.99. The molecule has 0 saturated heterocycles. The van der Waals surface area contributed by atoms with Gasteiger partial charge in [-0.15, -0.1) is 0 Å². The van der Waals surface area contributed by atoms with E-state index < -0.39 is 0 Å². The zero-order chi connectivity index (χ0) is 12.3. The third-order valence-corrected chi connectivity index (χ3v) is 2.20. The van der Waals surface area contributed by atoms with E-state index in [4.69, 9.17) is 5.73 Å². The zero-order valence-corrected chi connectivity index (χ0v) is 9.17. The summed E-state index contributed by atoms with van der Waals surface area (Å²) in [5, 5.41) is 7.40. The van der Waals surface area contributed by atoms with E-state index in [1.165, 1.54) is 13.4 Å². The van der Waals surface area contributed by atoms with Gasteiger partial charge >= 0.3 is 5.97 Å². The van der Waals surface area contributed by atoms with Gasteiger partial charge in [-0.3, -0.25) is 9.89 Å². The van der Waals surface area contributed by atoms with Gasteiger partial charge in [0, 0.05) is 0 Å². The minimum atomic E-state index is -0.311. The maximum absolute atomic E-state index is 10.9. The Morgan fingerprint density at radius 3 is 3.18 bits per heavy atom. The molecule has 0 spiro atoms. The summed E-state index contributed by atoms with van der Waals surface area (Å²) in [4.78, 5) is 18.8. The Bertz CT molecular complexity index is 575. The van der Waals surface area contributed by atoms with Crippen LogP contribution in [0, 0.1) is 0 Å². The van der Waals surface area contributed by atoms with Crippen LogP contribution < -0.4 is 5.73 Å². The van der Waals surface area contributed by atoms with Crippen molar-refractivity contribution in [1.82, 2.24) is 20.2 Å². The van der Waals surface area contributed by atoms with E-state index in [1.807, 2.05) is 0 Å². The SMILES string of the molecule is COC(=O)CC=Cc1[nH]nc2ncnc(N)c12. The number of methoxy groups -OCH3 is 1. The van der Waals surface area contributed by atoms with Crippen LogP contribution in [0.1, 0.15) is 12.1 Å². The van der Waals surface area contributed by atoms with E-state index in [2.05, 4.69) is 24.9 Å². The maximum Gasteiger partial charge on any atom is 0.309 e. The number of aromatic nitrogens is 4. The lowest BCUT2D eigenvalue weighted by Crippen LogP contribution is -1.96. The van der Waals surface area contributed by atoms with Crippen LogP contribution in [0.3, 0.4) is 0 Å². The quantitative estimate of drug-likeness (QED) is 0.748. The first kappa shape index (κ1) is 11.1. The number of H-pyrrole nitrogens is 1. The van der Waals surface area contributed by atoms with Crippen molar-refractivity contribution < 1.29 is 9.53 Å². The van der Waals surface area contributed by atoms with E-state index in [9.17, 15) is 4.79 Å². The highest BCUT2D eigenvalue weighted by Gasteiger charge is 2.07. The molecule has 0 unspecified atom stereocenters. The second kappa shape index (κ2) is 4.60. The molecular formula is C10H11N5O2. The lowest BCUT2D eigenvalue weighted by molar-refractivity contribution is -0.139. The molecule has 7 heteroatoms. The predicted molar refractivity (Wildman–Crippen MR) is 61.8 cm³/mol. The third kappa shape index (κ3) is 2.22. The lowest BCUT2D eigenvalue weighted by atomic mass is 10.2. The number of esters is 1. The standard InChI is InChI=1S/C10H11N5O2/c1-17-7(16)4-2-3-6-8-9(11)12-5-13-10(8)15-14-6/h2-3,5H,4H2,1H3,(H3,11,12,13,14,15). The van der Waals surface area contributed by atoms with Crippen molar-refractivity contribution in [2.75, 3.05) is 12.8 Å². The molecule has 0 radical (unpaired) electrons. The Morgan fingerprint density at radius 1 is 1.59 bits per heavy atom. The van der Waals surface area contributed by atoms with Gasteiger partial charge in [0.05, 0.1) is 24.6 Å². The summed E-state index contributed by atoms with van der Waals surface area (Å²) in [5.41, 5.74) is 6.89. The summed E-state index contributed by atoms with van der Waals surface area (Å²) in [5.74, 6) is 0.0377. The summed E-state index contributed by atoms with van der Waals surface area (Å²) in [7, 11) is 1.34. The fraction of sp³-hybridized carbons (Fsp3) is 0.200. The van der Waals surface area contributed by atoms with Gasteiger partial charge in [-0.25, -0.2) is 9.97 Å². The average molecular weight is 233 g/mol. The Morgan fingerprint density at radius 2 is 2.41 bits per heavy atom. The molecule has 3 N–H and O–H groups in total. The predicted octanol–water partition coefficient (Wildman–Crippen LogP) is 0.511. The van der Waals surface area contributed by atoms with Crippen LogP contribution in [-0.4, -0.2) is 33.2 Å². The van der Waals surface area contributed by atoms with Gasteiger partial charge in [0.25, 0.3) is 0 Å². The number of nitrogens with one attached hydrogen (secondary N) is 1. The zero-order valence-electron chi connectivity index (χ0n) is 9.17. The van der Waals surface area contributed by atoms with Gasteiger partial charge < -0.3 is 10.5 Å². The second-order valence-corrected chi connectivity index (χ2v) is 3.28. The summed E-state index contributed by atoms with van der Waals surface area (Å²) in [6, 6.07) is 0. The number of anilines is 1. The number of hydrogen-bond donors (Lipinski definition) is 2. The minimum Gasteiger partial charge on any atom is -0.469 e. The highest BCUT2D eigenvalue weighted by Crippen LogP contribution is 2.19. The smallest absolute Gasteiger partial charge is 0.309 e. The summed E-state index contributed by atoms with van der Waals surface area (Å²) in [6.45, 7) is 0. The molecular weight excluding hydrogens is 222 g/mol. The highest BCUT2D eigenvalue weighted by atomic mass is 16.5. The van der Waals surface area contributed by atoms with Gasteiger partial charge in [0.2, 0.25) is 0 Å². The molecule has 0 fully saturated rings. The summed E-state index contributed by atoms with van der Waals surface area (Å²) < 4.78 is 4.52. The number of hydrogen-bond acceptors (Lipinski definition) is 6. The van der Waals surface area contributed by atoms with Crippen molar-refractivity contribution in [3.05, 3.63) is 18.1 Å². The fourth-order valence-corrected chi connectivity index (χ4v) is 1.38. The van der Waals surface area contributed by atoms with Crippen LogP contribution in [0.5, 0.6) is 0 Å². The first-order valence-electron chi connectivity index (χ1n) is 4.90. The van der Waals surface area contributed by atoms with Crippen LogP contribution in [0.15, 0.2) is 12.4 Å². The Balaban J connectivity index is 2.27. The van der Waals surface area contributed by atoms with E-state index in [0.717, 1.165) is 0 Å². The normalized spacial score (nSPS) is 11.1. The number of carbonyl (C=O) groups excluding carboxylic acids is 1. The lowest BCUT2D eigenvalue weighted by Gasteiger charge is -1.94. The Hall–Kier alpha value is -2.44. The van der Waals surface area contributed by atoms with Crippen LogP contribution in [0.4, 0.5) is 5.82 Å². The van der Waals surface area contributed by atoms with E-state index in [0.29, 0.717) is 22.5 Å². The molecule has 0 aliphatic carbocycles. The number of carbonyl (C=O) groups is 1. The monoisotopic (exact) mass is 233 g/mol. The first-order chi connectivity index (χ1) is 8.22.